The summed E-state index contributed by atoms with van der Waals surface area (Å²) >= 11 is 6.09. The molecule has 1 aromatic carbocycles. The number of hydrogen-bond acceptors (Lipinski definition) is 4. The second-order valence-corrected chi connectivity index (χ2v) is 8.84. The van der Waals surface area contributed by atoms with Crippen molar-refractivity contribution in [3.8, 4) is 0 Å². The first-order chi connectivity index (χ1) is 14.6. The van der Waals surface area contributed by atoms with Crippen molar-refractivity contribution in [1.29, 1.82) is 0 Å². The summed E-state index contributed by atoms with van der Waals surface area (Å²) in [5.41, 5.74) is 6.06. The largest absolute Gasteiger partial charge is 0.306 e. The molecular formula is C23H20ClN5O. The van der Waals surface area contributed by atoms with Crippen LogP contribution in [0.5, 0.6) is 0 Å². The number of Topliss-reactive ketones (excluding diaryl/α,β-unsaturated/α-hetero) is 1. The lowest BCUT2D eigenvalue weighted by Gasteiger charge is -2.29. The summed E-state index contributed by atoms with van der Waals surface area (Å²) in [6.07, 6.45) is 9.83. The van der Waals surface area contributed by atoms with E-state index in [4.69, 9.17) is 11.6 Å². The zero-order chi connectivity index (χ0) is 20.2. The summed E-state index contributed by atoms with van der Waals surface area (Å²) in [4.78, 5) is 17.4. The van der Waals surface area contributed by atoms with Crippen molar-refractivity contribution in [3.05, 3.63) is 82.0 Å². The molecule has 0 amide bonds. The van der Waals surface area contributed by atoms with E-state index in [1.807, 2.05) is 24.4 Å². The van der Waals surface area contributed by atoms with Crippen LogP contribution in [0.1, 0.15) is 64.0 Å². The van der Waals surface area contributed by atoms with Gasteiger partial charge in [0.15, 0.2) is 5.78 Å². The Morgan fingerprint density at radius 1 is 1.13 bits per heavy atom. The Balaban J connectivity index is 1.15. The van der Waals surface area contributed by atoms with Crippen molar-refractivity contribution in [2.24, 2.45) is 0 Å². The quantitative estimate of drug-likeness (QED) is 0.436. The second-order valence-electron chi connectivity index (χ2n) is 8.41. The van der Waals surface area contributed by atoms with Crippen LogP contribution in [0, 0.1) is 0 Å². The van der Waals surface area contributed by atoms with Gasteiger partial charge in [0.1, 0.15) is 11.3 Å². The molecule has 6 nitrogen and oxygen atoms in total. The molecule has 150 valence electrons. The number of benzene rings is 1. The van der Waals surface area contributed by atoms with E-state index in [1.54, 1.807) is 10.9 Å². The lowest BCUT2D eigenvalue weighted by molar-refractivity contribution is 0.0965. The van der Waals surface area contributed by atoms with E-state index in [0.29, 0.717) is 29.6 Å². The minimum absolute atomic E-state index is 0.0148. The molecule has 1 fully saturated rings. The average Bonchev–Trinajstić information content (AvgIpc) is 3.34. The maximum atomic E-state index is 12.7. The highest BCUT2D eigenvalue weighted by Crippen LogP contribution is 2.40. The van der Waals surface area contributed by atoms with E-state index in [0.717, 1.165) is 17.8 Å². The smallest absolute Gasteiger partial charge is 0.185 e. The number of carbonyl (C=O) groups excluding carboxylic acids is 1. The van der Waals surface area contributed by atoms with Gasteiger partial charge in [-0.3, -0.25) is 4.79 Å². The summed E-state index contributed by atoms with van der Waals surface area (Å²) in [5, 5.41) is 8.96. The van der Waals surface area contributed by atoms with Gasteiger partial charge in [0, 0.05) is 23.8 Å². The van der Waals surface area contributed by atoms with Crippen LogP contribution < -0.4 is 0 Å². The minimum atomic E-state index is 0.0148. The van der Waals surface area contributed by atoms with Gasteiger partial charge in [-0.15, -0.1) is 5.10 Å². The molecule has 0 bridgehead atoms. The Labute approximate surface area is 178 Å². The molecule has 2 aliphatic rings. The van der Waals surface area contributed by atoms with Gasteiger partial charge in [0.25, 0.3) is 0 Å². The monoisotopic (exact) mass is 417 g/mol. The van der Waals surface area contributed by atoms with Crippen molar-refractivity contribution < 1.29 is 4.79 Å². The number of carbonyl (C=O) groups is 1. The number of hydrogen-bond donors (Lipinski definition) is 0. The number of fused-ring (bicyclic) bond motifs is 2. The number of aromatic nitrogens is 5. The SMILES string of the molecule is O=C(CC1Cc2ccc(Cl)cc21)c1cn(Cc2cn3cc(C4CC4)ccc3n2)nn1. The number of pyridine rings is 1. The Hall–Kier alpha value is -2.99. The van der Waals surface area contributed by atoms with Crippen LogP contribution in [0.4, 0.5) is 0 Å². The molecule has 2 aliphatic carbocycles. The Kier molecular flexibility index (Phi) is 4.03. The summed E-state index contributed by atoms with van der Waals surface area (Å²) in [7, 11) is 0. The van der Waals surface area contributed by atoms with Gasteiger partial charge in [-0.05, 0) is 66.0 Å². The van der Waals surface area contributed by atoms with Crippen LogP contribution in [0.2, 0.25) is 5.02 Å². The Morgan fingerprint density at radius 3 is 2.90 bits per heavy atom. The zero-order valence-corrected chi connectivity index (χ0v) is 17.1. The highest BCUT2D eigenvalue weighted by molar-refractivity contribution is 6.30. The molecule has 1 atom stereocenters. The van der Waals surface area contributed by atoms with Crippen molar-refractivity contribution in [3.63, 3.8) is 0 Å². The molecule has 0 aliphatic heterocycles. The van der Waals surface area contributed by atoms with Gasteiger partial charge >= 0.3 is 0 Å². The van der Waals surface area contributed by atoms with Crippen molar-refractivity contribution >= 4 is 23.0 Å². The van der Waals surface area contributed by atoms with Crippen LogP contribution >= 0.6 is 11.6 Å². The molecule has 0 saturated heterocycles. The van der Waals surface area contributed by atoms with Gasteiger partial charge in [0.05, 0.1) is 18.4 Å². The van der Waals surface area contributed by atoms with E-state index < -0.39 is 0 Å². The molecule has 4 aromatic rings. The topological polar surface area (TPSA) is 65.1 Å². The number of nitrogens with zero attached hydrogens (tertiary/aromatic N) is 5. The highest BCUT2D eigenvalue weighted by atomic mass is 35.5. The predicted molar refractivity (Wildman–Crippen MR) is 113 cm³/mol. The fourth-order valence-electron chi connectivity index (χ4n) is 4.35. The van der Waals surface area contributed by atoms with Crippen LogP contribution in [0.3, 0.4) is 0 Å². The molecule has 1 unspecified atom stereocenters. The van der Waals surface area contributed by atoms with Crippen LogP contribution in [0.25, 0.3) is 5.65 Å². The fourth-order valence-corrected chi connectivity index (χ4v) is 4.53. The Bertz CT molecular complexity index is 1290. The number of imidazole rings is 1. The van der Waals surface area contributed by atoms with E-state index in [2.05, 4.69) is 38.0 Å². The first kappa shape index (κ1) is 17.8. The molecule has 6 rings (SSSR count). The summed E-state index contributed by atoms with van der Waals surface area (Å²) in [6, 6.07) is 10.1. The third kappa shape index (κ3) is 3.21. The van der Waals surface area contributed by atoms with Gasteiger partial charge in [-0.25, -0.2) is 9.67 Å². The highest BCUT2D eigenvalue weighted by Gasteiger charge is 2.29. The molecule has 30 heavy (non-hydrogen) atoms. The third-order valence-corrected chi connectivity index (χ3v) is 6.40. The Morgan fingerprint density at radius 2 is 2.03 bits per heavy atom. The summed E-state index contributed by atoms with van der Waals surface area (Å²) < 4.78 is 3.76. The minimum Gasteiger partial charge on any atom is -0.306 e. The molecule has 1 saturated carbocycles. The normalized spacial score (nSPS) is 17.7. The van der Waals surface area contributed by atoms with Gasteiger partial charge < -0.3 is 4.40 Å². The zero-order valence-electron chi connectivity index (χ0n) is 16.3. The first-order valence-electron chi connectivity index (χ1n) is 10.3. The van der Waals surface area contributed by atoms with Crippen LogP contribution in [0.15, 0.2) is 48.9 Å². The second kappa shape index (κ2) is 6.77. The molecule has 0 N–H and O–H groups in total. The molecule has 3 heterocycles. The summed E-state index contributed by atoms with van der Waals surface area (Å²) in [5.74, 6) is 0.944. The van der Waals surface area contributed by atoms with E-state index in [-0.39, 0.29) is 11.7 Å². The molecule has 0 radical (unpaired) electrons. The van der Waals surface area contributed by atoms with Crippen LogP contribution in [-0.2, 0) is 13.0 Å². The molecule has 0 spiro atoms. The predicted octanol–water partition coefficient (Wildman–Crippen LogP) is 4.42. The lowest BCUT2D eigenvalue weighted by Crippen LogP contribution is -2.20. The molecule has 3 aromatic heterocycles. The summed E-state index contributed by atoms with van der Waals surface area (Å²) in [6.45, 7) is 0.489. The average molecular weight is 418 g/mol. The molecule has 7 heteroatoms. The third-order valence-electron chi connectivity index (χ3n) is 6.17. The van der Waals surface area contributed by atoms with Crippen LogP contribution in [-0.4, -0.2) is 30.2 Å². The van der Waals surface area contributed by atoms with Crippen molar-refractivity contribution in [1.82, 2.24) is 24.4 Å². The maximum Gasteiger partial charge on any atom is 0.185 e. The van der Waals surface area contributed by atoms with Gasteiger partial charge in [-0.2, -0.15) is 0 Å². The maximum absolute atomic E-state index is 12.7. The van der Waals surface area contributed by atoms with Gasteiger partial charge in [-0.1, -0.05) is 28.9 Å². The van der Waals surface area contributed by atoms with Crippen molar-refractivity contribution in [2.45, 2.75) is 44.1 Å². The van der Waals surface area contributed by atoms with Gasteiger partial charge in [0.2, 0.25) is 0 Å². The van der Waals surface area contributed by atoms with E-state index in [1.165, 1.54) is 29.5 Å². The van der Waals surface area contributed by atoms with E-state index in [9.17, 15) is 4.79 Å². The standard InChI is InChI=1S/C23H20ClN5O/c24-18-5-3-15-7-17(20(15)9-18)8-22(30)21-13-29(27-26-21)12-19-11-28-10-16(14-1-2-14)4-6-23(28)25-19/h3-6,9-11,13-14,17H,1-2,7-8,12H2. The fraction of sp³-hybridized carbons (Fsp3) is 0.304. The van der Waals surface area contributed by atoms with E-state index >= 15 is 0 Å². The number of ketones is 1. The first-order valence-corrected chi connectivity index (χ1v) is 10.7. The molecular weight excluding hydrogens is 398 g/mol. The number of halogens is 1. The lowest BCUT2D eigenvalue weighted by atomic mass is 9.75. The van der Waals surface area contributed by atoms with Crippen molar-refractivity contribution in [2.75, 3.05) is 0 Å². The number of rotatable bonds is 6.